The molecule has 2 aromatic rings. The van der Waals surface area contributed by atoms with Crippen molar-refractivity contribution < 1.29 is 14.3 Å². The number of aryl methyl sites for hydroxylation is 2. The van der Waals surface area contributed by atoms with Crippen molar-refractivity contribution in [2.75, 3.05) is 13.3 Å². The summed E-state index contributed by atoms with van der Waals surface area (Å²) in [5, 5.41) is 7.22. The fourth-order valence-corrected chi connectivity index (χ4v) is 2.36. The van der Waals surface area contributed by atoms with Crippen LogP contribution in [0.4, 0.5) is 0 Å². The molecule has 0 unspecified atom stereocenters. The highest BCUT2D eigenvalue weighted by Crippen LogP contribution is 2.33. The minimum absolute atomic E-state index is 0.0200. The normalized spacial score (nSPS) is 12.5. The topological polar surface area (TPSA) is 78.3 Å². The number of carbonyl (C=O) groups excluding carboxylic acids is 1. The molecule has 1 aromatic heterocycles. The Morgan fingerprint density at radius 3 is 3.00 bits per heavy atom. The van der Waals surface area contributed by atoms with Crippen LogP contribution < -0.4 is 14.8 Å². The molecule has 1 aliphatic rings. The maximum absolute atomic E-state index is 10.9. The van der Waals surface area contributed by atoms with Crippen LogP contribution in [0, 0.1) is 6.92 Å². The number of rotatable bonds is 5. The standard InChI is InChI=1S/C15H18N4O3/c1-10-17-15(4-3-7-16-11(2)20)19(18-10)12-5-6-13-14(8-12)22-9-21-13/h5-6,8H,3-4,7,9H2,1-2H3,(H,16,20). The first-order valence-electron chi connectivity index (χ1n) is 7.20. The molecule has 1 aliphatic heterocycles. The Kier molecular flexibility index (Phi) is 3.95. The molecule has 0 spiro atoms. The largest absolute Gasteiger partial charge is 0.454 e. The quantitative estimate of drug-likeness (QED) is 0.844. The molecule has 0 radical (unpaired) electrons. The Balaban J connectivity index is 1.77. The number of amides is 1. The van der Waals surface area contributed by atoms with E-state index in [9.17, 15) is 4.79 Å². The molecule has 0 fully saturated rings. The van der Waals surface area contributed by atoms with Crippen molar-refractivity contribution in [3.8, 4) is 17.2 Å². The summed E-state index contributed by atoms with van der Waals surface area (Å²) in [6, 6.07) is 5.70. The number of benzene rings is 1. The summed E-state index contributed by atoms with van der Waals surface area (Å²) < 4.78 is 12.5. The lowest BCUT2D eigenvalue weighted by Gasteiger charge is -2.07. The predicted octanol–water partition coefficient (Wildman–Crippen LogP) is 1.37. The molecule has 7 heteroatoms. The zero-order chi connectivity index (χ0) is 15.5. The molecule has 1 aromatic carbocycles. The number of carbonyl (C=O) groups is 1. The first-order valence-corrected chi connectivity index (χ1v) is 7.20. The summed E-state index contributed by atoms with van der Waals surface area (Å²) in [6.07, 6.45) is 1.54. The monoisotopic (exact) mass is 302 g/mol. The molecule has 1 amide bonds. The van der Waals surface area contributed by atoms with E-state index in [4.69, 9.17) is 9.47 Å². The number of fused-ring (bicyclic) bond motifs is 1. The van der Waals surface area contributed by atoms with Crippen molar-refractivity contribution in [3.05, 3.63) is 29.8 Å². The molecule has 7 nitrogen and oxygen atoms in total. The predicted molar refractivity (Wildman–Crippen MR) is 79.2 cm³/mol. The summed E-state index contributed by atoms with van der Waals surface area (Å²) in [7, 11) is 0. The third-order valence-electron chi connectivity index (χ3n) is 3.33. The van der Waals surface area contributed by atoms with E-state index in [0.29, 0.717) is 12.4 Å². The second-order valence-electron chi connectivity index (χ2n) is 5.11. The molecule has 3 rings (SSSR count). The SMILES string of the molecule is CC(=O)NCCCc1nc(C)nn1-c1ccc2c(c1)OCO2. The fourth-order valence-electron chi connectivity index (χ4n) is 2.36. The highest BCUT2D eigenvalue weighted by molar-refractivity contribution is 5.72. The van der Waals surface area contributed by atoms with Gasteiger partial charge in [0.05, 0.1) is 5.69 Å². The molecule has 22 heavy (non-hydrogen) atoms. The van der Waals surface area contributed by atoms with Crippen LogP contribution in [0.25, 0.3) is 5.69 Å². The molecule has 0 aliphatic carbocycles. The van der Waals surface area contributed by atoms with Gasteiger partial charge in [0.15, 0.2) is 11.5 Å². The number of aromatic nitrogens is 3. The van der Waals surface area contributed by atoms with Crippen molar-refractivity contribution in [2.24, 2.45) is 0 Å². The smallest absolute Gasteiger partial charge is 0.231 e. The van der Waals surface area contributed by atoms with Gasteiger partial charge in [0.25, 0.3) is 0 Å². The summed E-state index contributed by atoms with van der Waals surface area (Å²) in [5.74, 6) is 3.02. The lowest BCUT2D eigenvalue weighted by Crippen LogP contribution is -2.21. The fraction of sp³-hybridized carbons (Fsp3) is 0.400. The zero-order valence-electron chi connectivity index (χ0n) is 12.6. The van der Waals surface area contributed by atoms with E-state index < -0.39 is 0 Å². The molecule has 0 atom stereocenters. The second kappa shape index (κ2) is 6.05. The first kappa shape index (κ1) is 14.4. The third kappa shape index (κ3) is 3.03. The van der Waals surface area contributed by atoms with Gasteiger partial charge in [0.2, 0.25) is 12.7 Å². The first-order chi connectivity index (χ1) is 10.6. The highest BCUT2D eigenvalue weighted by Gasteiger charge is 2.16. The molecule has 116 valence electrons. The van der Waals surface area contributed by atoms with Crippen molar-refractivity contribution in [2.45, 2.75) is 26.7 Å². The van der Waals surface area contributed by atoms with E-state index in [2.05, 4.69) is 15.4 Å². The van der Waals surface area contributed by atoms with Gasteiger partial charge in [-0.25, -0.2) is 9.67 Å². The zero-order valence-corrected chi connectivity index (χ0v) is 12.6. The Labute approximate surface area is 128 Å². The van der Waals surface area contributed by atoms with Crippen LogP contribution in [0.1, 0.15) is 25.0 Å². The molecule has 0 bridgehead atoms. The van der Waals surface area contributed by atoms with Gasteiger partial charge in [-0.2, -0.15) is 5.10 Å². The lowest BCUT2D eigenvalue weighted by molar-refractivity contribution is -0.118. The molecular weight excluding hydrogens is 284 g/mol. The van der Waals surface area contributed by atoms with E-state index in [0.717, 1.165) is 35.9 Å². The summed E-state index contributed by atoms with van der Waals surface area (Å²) in [5.41, 5.74) is 0.888. The number of nitrogens with zero attached hydrogens (tertiary/aromatic N) is 3. The average molecular weight is 302 g/mol. The van der Waals surface area contributed by atoms with Gasteiger partial charge in [0.1, 0.15) is 11.6 Å². The molecular formula is C15H18N4O3. The lowest BCUT2D eigenvalue weighted by atomic mass is 10.2. The summed E-state index contributed by atoms with van der Waals surface area (Å²) in [6.45, 7) is 4.25. The van der Waals surface area contributed by atoms with Crippen molar-refractivity contribution >= 4 is 5.91 Å². The van der Waals surface area contributed by atoms with Crippen LogP contribution in [0.2, 0.25) is 0 Å². The van der Waals surface area contributed by atoms with E-state index in [1.165, 1.54) is 6.92 Å². The van der Waals surface area contributed by atoms with Gasteiger partial charge >= 0.3 is 0 Å². The number of hydrogen-bond donors (Lipinski definition) is 1. The number of hydrogen-bond acceptors (Lipinski definition) is 5. The van der Waals surface area contributed by atoms with Crippen LogP contribution in [-0.4, -0.2) is 34.0 Å². The van der Waals surface area contributed by atoms with Gasteiger partial charge in [-0.3, -0.25) is 4.79 Å². The van der Waals surface area contributed by atoms with E-state index in [1.54, 1.807) is 0 Å². The van der Waals surface area contributed by atoms with Crippen LogP contribution in [0.5, 0.6) is 11.5 Å². The average Bonchev–Trinajstić information content (AvgIpc) is 3.08. The Morgan fingerprint density at radius 2 is 2.18 bits per heavy atom. The van der Waals surface area contributed by atoms with Crippen LogP contribution in [0.3, 0.4) is 0 Å². The van der Waals surface area contributed by atoms with Crippen molar-refractivity contribution in [1.82, 2.24) is 20.1 Å². The maximum atomic E-state index is 10.9. The third-order valence-corrected chi connectivity index (χ3v) is 3.33. The Morgan fingerprint density at radius 1 is 1.36 bits per heavy atom. The van der Waals surface area contributed by atoms with Crippen molar-refractivity contribution in [3.63, 3.8) is 0 Å². The molecule has 0 saturated carbocycles. The molecule has 0 saturated heterocycles. The van der Waals surface area contributed by atoms with Gasteiger partial charge in [-0.15, -0.1) is 0 Å². The van der Waals surface area contributed by atoms with Gasteiger partial charge < -0.3 is 14.8 Å². The van der Waals surface area contributed by atoms with E-state index in [-0.39, 0.29) is 12.7 Å². The van der Waals surface area contributed by atoms with Gasteiger partial charge in [-0.05, 0) is 25.5 Å². The minimum Gasteiger partial charge on any atom is -0.454 e. The molecule has 2 heterocycles. The maximum Gasteiger partial charge on any atom is 0.231 e. The van der Waals surface area contributed by atoms with E-state index in [1.807, 2.05) is 29.8 Å². The van der Waals surface area contributed by atoms with Crippen molar-refractivity contribution in [1.29, 1.82) is 0 Å². The number of ether oxygens (including phenoxy) is 2. The van der Waals surface area contributed by atoms with Crippen LogP contribution in [0.15, 0.2) is 18.2 Å². The van der Waals surface area contributed by atoms with Crippen LogP contribution >= 0.6 is 0 Å². The number of nitrogens with one attached hydrogen (secondary N) is 1. The second-order valence-corrected chi connectivity index (χ2v) is 5.11. The van der Waals surface area contributed by atoms with Gasteiger partial charge in [0, 0.05) is 26.0 Å². The van der Waals surface area contributed by atoms with E-state index >= 15 is 0 Å². The minimum atomic E-state index is -0.0200. The Hall–Kier alpha value is -2.57. The van der Waals surface area contributed by atoms with Gasteiger partial charge in [-0.1, -0.05) is 0 Å². The van der Waals surface area contributed by atoms with Crippen LogP contribution in [-0.2, 0) is 11.2 Å². The summed E-state index contributed by atoms with van der Waals surface area (Å²) >= 11 is 0. The highest BCUT2D eigenvalue weighted by atomic mass is 16.7. The summed E-state index contributed by atoms with van der Waals surface area (Å²) in [4.78, 5) is 15.4. The molecule has 1 N–H and O–H groups in total. The Bertz CT molecular complexity index is 696.